The van der Waals surface area contributed by atoms with Crippen LogP contribution < -0.4 is 11.1 Å². The Hall–Kier alpha value is -4.34. The van der Waals surface area contributed by atoms with Gasteiger partial charge in [0.1, 0.15) is 28.5 Å². The number of halogens is 1. The van der Waals surface area contributed by atoms with Crippen LogP contribution in [-0.4, -0.2) is 50.7 Å². The van der Waals surface area contributed by atoms with Crippen LogP contribution in [0, 0.1) is 5.82 Å². The van der Waals surface area contributed by atoms with Crippen molar-refractivity contribution < 1.29 is 9.18 Å². The highest BCUT2D eigenvalue weighted by Crippen LogP contribution is 2.30. The Bertz CT molecular complexity index is 1370. The number of fused-ring (bicyclic) bond motifs is 1. The molecule has 4 N–H and O–H groups in total. The molecule has 1 unspecified atom stereocenters. The molecule has 5 rings (SSSR count). The van der Waals surface area contributed by atoms with Gasteiger partial charge in [-0.25, -0.2) is 14.4 Å². The number of nitrogen functional groups attached to an aromatic ring is 1. The number of hydrogen-bond donors (Lipinski definition) is 3. The Morgan fingerprint density at radius 2 is 2.12 bits per heavy atom. The van der Waals surface area contributed by atoms with Crippen molar-refractivity contribution in [2.24, 2.45) is 5.10 Å². The van der Waals surface area contributed by atoms with Crippen LogP contribution in [0.2, 0.25) is 0 Å². The minimum atomic E-state index is -0.655. The Labute approximate surface area is 188 Å². The second-order valence-electron chi connectivity index (χ2n) is 7.85. The van der Waals surface area contributed by atoms with Gasteiger partial charge in [-0.15, -0.1) is 0 Å². The summed E-state index contributed by atoms with van der Waals surface area (Å²) in [5.41, 5.74) is 9.12. The molecule has 1 aliphatic heterocycles. The lowest BCUT2D eigenvalue weighted by Crippen LogP contribution is -2.24. The standard InChI is InChI=1S/C23H21FN8O/c1-32-12-15(11-29-32)14-8-16(21(25)27-10-14)22-30-18-3-2-17(24)19(20(18)31-22)23(33)28-9-13-4-6-26-7-5-13/h2-8,10-11,15H,9,12H2,1H3,(H2,25,27)(H,28,33)(H,30,31). The molecule has 4 heterocycles. The minimum Gasteiger partial charge on any atom is -0.383 e. The summed E-state index contributed by atoms with van der Waals surface area (Å²) in [5.74, 6) is -0.437. The maximum absolute atomic E-state index is 14.7. The van der Waals surface area contributed by atoms with Crippen LogP contribution in [-0.2, 0) is 6.54 Å². The molecule has 0 aliphatic carbocycles. The van der Waals surface area contributed by atoms with E-state index in [2.05, 4.69) is 30.4 Å². The number of rotatable bonds is 5. The first-order chi connectivity index (χ1) is 16.0. The molecule has 166 valence electrons. The topological polar surface area (TPSA) is 125 Å². The number of anilines is 1. The van der Waals surface area contributed by atoms with E-state index >= 15 is 0 Å². The van der Waals surface area contributed by atoms with Gasteiger partial charge in [-0.3, -0.25) is 14.8 Å². The van der Waals surface area contributed by atoms with Crippen molar-refractivity contribution in [2.45, 2.75) is 12.5 Å². The second kappa shape index (κ2) is 8.30. The van der Waals surface area contributed by atoms with Crippen molar-refractivity contribution >= 4 is 29.0 Å². The number of nitrogens with two attached hydrogens (primary N) is 1. The summed E-state index contributed by atoms with van der Waals surface area (Å²) in [7, 11) is 1.90. The number of amides is 1. The molecule has 1 aromatic carbocycles. The van der Waals surface area contributed by atoms with E-state index in [0.29, 0.717) is 16.9 Å². The molecule has 0 bridgehead atoms. The molecule has 0 saturated heterocycles. The third-order valence-electron chi connectivity index (χ3n) is 5.56. The number of aromatic nitrogens is 4. The maximum atomic E-state index is 14.7. The average molecular weight is 444 g/mol. The van der Waals surface area contributed by atoms with Crippen LogP contribution in [0.15, 0.2) is 54.0 Å². The molecule has 1 aliphatic rings. The monoisotopic (exact) mass is 444 g/mol. The molecule has 1 atom stereocenters. The Kier molecular flexibility index (Phi) is 5.17. The van der Waals surface area contributed by atoms with Crippen LogP contribution in [0.1, 0.15) is 27.4 Å². The van der Waals surface area contributed by atoms with Gasteiger partial charge in [0.05, 0.1) is 11.1 Å². The van der Waals surface area contributed by atoms with Gasteiger partial charge >= 0.3 is 0 Å². The zero-order chi connectivity index (χ0) is 22.9. The molecular weight excluding hydrogens is 423 g/mol. The number of benzene rings is 1. The maximum Gasteiger partial charge on any atom is 0.256 e. The largest absolute Gasteiger partial charge is 0.383 e. The van der Waals surface area contributed by atoms with Crippen molar-refractivity contribution in [1.82, 2.24) is 30.3 Å². The van der Waals surface area contributed by atoms with Crippen LogP contribution in [0.4, 0.5) is 10.2 Å². The smallest absolute Gasteiger partial charge is 0.256 e. The first-order valence-electron chi connectivity index (χ1n) is 10.4. The Morgan fingerprint density at radius 3 is 2.88 bits per heavy atom. The number of aromatic amines is 1. The number of carbonyl (C=O) groups excluding carboxylic acids is 1. The number of hydrazone groups is 1. The highest BCUT2D eigenvalue weighted by molar-refractivity contribution is 6.05. The lowest BCUT2D eigenvalue weighted by atomic mass is 10.0. The average Bonchev–Trinajstić information content (AvgIpc) is 3.45. The van der Waals surface area contributed by atoms with Crippen molar-refractivity contribution in [3.8, 4) is 11.4 Å². The summed E-state index contributed by atoms with van der Waals surface area (Å²) >= 11 is 0. The number of nitrogens with one attached hydrogen (secondary N) is 2. The Balaban J connectivity index is 1.49. The Morgan fingerprint density at radius 1 is 1.30 bits per heavy atom. The zero-order valence-electron chi connectivity index (χ0n) is 17.8. The number of imidazole rings is 1. The summed E-state index contributed by atoms with van der Waals surface area (Å²) in [6.45, 7) is 0.975. The minimum absolute atomic E-state index is 0.0817. The number of carbonyl (C=O) groups is 1. The van der Waals surface area contributed by atoms with Crippen LogP contribution in [0.25, 0.3) is 22.4 Å². The molecule has 10 heteroatoms. The third kappa shape index (κ3) is 3.98. The van der Waals surface area contributed by atoms with E-state index in [1.54, 1.807) is 36.8 Å². The van der Waals surface area contributed by atoms with Crippen molar-refractivity contribution in [3.05, 3.63) is 71.4 Å². The molecule has 0 saturated carbocycles. The zero-order valence-corrected chi connectivity index (χ0v) is 17.8. The normalized spacial score (nSPS) is 15.3. The fourth-order valence-corrected chi connectivity index (χ4v) is 3.81. The third-order valence-corrected chi connectivity index (χ3v) is 5.56. The van der Waals surface area contributed by atoms with E-state index in [9.17, 15) is 9.18 Å². The first kappa shape index (κ1) is 20.6. The van der Waals surface area contributed by atoms with Crippen molar-refractivity contribution in [3.63, 3.8) is 0 Å². The van der Waals surface area contributed by atoms with Crippen LogP contribution in [0.3, 0.4) is 0 Å². The van der Waals surface area contributed by atoms with E-state index in [0.717, 1.165) is 17.7 Å². The van der Waals surface area contributed by atoms with Gasteiger partial charge in [0, 0.05) is 50.9 Å². The molecule has 33 heavy (non-hydrogen) atoms. The van der Waals surface area contributed by atoms with Gasteiger partial charge < -0.3 is 16.0 Å². The predicted octanol–water partition coefficient (Wildman–Crippen LogP) is 2.69. The van der Waals surface area contributed by atoms with Gasteiger partial charge in [0.25, 0.3) is 5.91 Å². The fourth-order valence-electron chi connectivity index (χ4n) is 3.81. The van der Waals surface area contributed by atoms with Gasteiger partial charge in [-0.1, -0.05) is 0 Å². The predicted molar refractivity (Wildman–Crippen MR) is 123 cm³/mol. The summed E-state index contributed by atoms with van der Waals surface area (Å²) in [4.78, 5) is 28.8. The molecule has 9 nitrogen and oxygen atoms in total. The van der Waals surface area contributed by atoms with Gasteiger partial charge in [-0.05, 0) is 41.5 Å². The summed E-state index contributed by atoms with van der Waals surface area (Å²) in [6.07, 6.45) is 6.83. The van der Waals surface area contributed by atoms with E-state index < -0.39 is 11.7 Å². The van der Waals surface area contributed by atoms with E-state index in [1.807, 2.05) is 24.3 Å². The van der Waals surface area contributed by atoms with Gasteiger partial charge in [0.2, 0.25) is 0 Å². The van der Waals surface area contributed by atoms with E-state index in [4.69, 9.17) is 5.73 Å². The number of hydrogen-bond acceptors (Lipinski definition) is 7. The molecular formula is C23H21FN8O. The van der Waals surface area contributed by atoms with Crippen molar-refractivity contribution in [2.75, 3.05) is 19.3 Å². The van der Waals surface area contributed by atoms with Crippen LogP contribution >= 0.6 is 0 Å². The highest BCUT2D eigenvalue weighted by Gasteiger charge is 2.22. The van der Waals surface area contributed by atoms with E-state index in [1.165, 1.54) is 6.07 Å². The quantitative estimate of drug-likeness (QED) is 0.435. The molecule has 0 fully saturated rings. The first-order valence-corrected chi connectivity index (χ1v) is 10.4. The highest BCUT2D eigenvalue weighted by atomic mass is 19.1. The van der Waals surface area contributed by atoms with E-state index in [-0.39, 0.29) is 29.4 Å². The number of likely N-dealkylation sites (N-methyl/N-ethyl adjacent to an activating group) is 1. The summed E-state index contributed by atoms with van der Waals surface area (Å²) in [6, 6.07) is 8.25. The fraction of sp³-hybridized carbons (Fsp3) is 0.174. The van der Waals surface area contributed by atoms with Gasteiger partial charge in [0.15, 0.2) is 0 Å². The van der Waals surface area contributed by atoms with Gasteiger partial charge in [-0.2, -0.15) is 5.10 Å². The molecule has 0 spiro atoms. The molecule has 3 aromatic heterocycles. The molecule has 1 amide bonds. The molecule has 0 radical (unpaired) electrons. The number of pyridine rings is 2. The molecule has 4 aromatic rings. The lowest BCUT2D eigenvalue weighted by molar-refractivity contribution is 0.0948. The SMILES string of the molecule is CN1CC(c2cnc(N)c(-c3nc4c(C(=O)NCc5ccncc5)c(F)ccc4[nH]3)c2)C=N1. The second-order valence-corrected chi connectivity index (χ2v) is 7.85. The van der Waals surface area contributed by atoms with Crippen LogP contribution in [0.5, 0.6) is 0 Å². The van der Waals surface area contributed by atoms with Crippen molar-refractivity contribution in [1.29, 1.82) is 0 Å². The summed E-state index contributed by atoms with van der Waals surface area (Å²) in [5, 5.41) is 8.86. The number of nitrogens with zero attached hydrogens (tertiary/aromatic N) is 5. The summed E-state index contributed by atoms with van der Waals surface area (Å²) < 4.78 is 14.7. The lowest BCUT2D eigenvalue weighted by Gasteiger charge is -2.11. The number of H-pyrrole nitrogens is 1.